The molecule has 31 heavy (non-hydrogen) atoms. The standard InChI is InChI=1S/C20H25F3N4O3Si/c1-13-16(24-11-26(13)12-30-7-8-31(2,3)4)10-27-17-9-14(20(21,22)23)5-6-15(17)18(28)25-19(27)29/h5-6,9,11H,7-8,10,12H2,1-4H3,(H,25,28,29). The Labute approximate surface area is 177 Å². The van der Waals surface area contributed by atoms with Gasteiger partial charge < -0.3 is 9.30 Å². The molecular formula is C20H25F3N4O3Si. The number of hydrogen-bond acceptors (Lipinski definition) is 4. The Morgan fingerprint density at radius 1 is 1.19 bits per heavy atom. The summed E-state index contributed by atoms with van der Waals surface area (Å²) in [7, 11) is -1.21. The molecule has 11 heteroatoms. The topological polar surface area (TPSA) is 81.9 Å². The van der Waals surface area contributed by atoms with Crippen LogP contribution in [0.2, 0.25) is 25.7 Å². The highest BCUT2D eigenvalue weighted by molar-refractivity contribution is 6.76. The van der Waals surface area contributed by atoms with E-state index in [-0.39, 0.29) is 17.4 Å². The van der Waals surface area contributed by atoms with Gasteiger partial charge in [-0.2, -0.15) is 13.2 Å². The van der Waals surface area contributed by atoms with Crippen LogP contribution in [-0.2, 0) is 24.2 Å². The zero-order valence-electron chi connectivity index (χ0n) is 17.8. The average Bonchev–Trinajstić information content (AvgIpc) is 3.00. The lowest BCUT2D eigenvalue weighted by atomic mass is 10.1. The largest absolute Gasteiger partial charge is 0.416 e. The summed E-state index contributed by atoms with van der Waals surface area (Å²) in [6.45, 7) is 9.41. The average molecular weight is 455 g/mol. The third-order valence-electron chi connectivity index (χ3n) is 5.06. The summed E-state index contributed by atoms with van der Waals surface area (Å²) in [5, 5.41) is -0.000587. The van der Waals surface area contributed by atoms with Gasteiger partial charge in [-0.15, -0.1) is 0 Å². The van der Waals surface area contributed by atoms with E-state index < -0.39 is 31.1 Å². The fourth-order valence-electron chi connectivity index (χ4n) is 3.08. The third kappa shape index (κ3) is 5.34. The van der Waals surface area contributed by atoms with Crippen molar-refractivity contribution in [3.8, 4) is 0 Å². The van der Waals surface area contributed by atoms with Crippen molar-refractivity contribution in [2.75, 3.05) is 6.61 Å². The van der Waals surface area contributed by atoms with E-state index in [4.69, 9.17) is 4.74 Å². The number of aromatic amines is 1. The van der Waals surface area contributed by atoms with Gasteiger partial charge in [0.1, 0.15) is 6.73 Å². The molecule has 1 aromatic carbocycles. The van der Waals surface area contributed by atoms with E-state index in [0.717, 1.165) is 34.5 Å². The van der Waals surface area contributed by atoms with Gasteiger partial charge in [-0.25, -0.2) is 9.78 Å². The van der Waals surface area contributed by atoms with Crippen LogP contribution in [0.5, 0.6) is 0 Å². The first-order valence-corrected chi connectivity index (χ1v) is 13.5. The first-order chi connectivity index (χ1) is 14.4. The summed E-state index contributed by atoms with van der Waals surface area (Å²) >= 11 is 0. The Morgan fingerprint density at radius 2 is 1.90 bits per heavy atom. The van der Waals surface area contributed by atoms with Crippen LogP contribution in [-0.4, -0.2) is 33.8 Å². The lowest BCUT2D eigenvalue weighted by Gasteiger charge is -2.16. The molecular weight excluding hydrogens is 429 g/mol. The molecule has 0 aliphatic heterocycles. The Balaban J connectivity index is 1.91. The molecule has 7 nitrogen and oxygen atoms in total. The molecule has 0 radical (unpaired) electrons. The van der Waals surface area contributed by atoms with Gasteiger partial charge in [0.15, 0.2) is 0 Å². The van der Waals surface area contributed by atoms with Crippen LogP contribution in [0.1, 0.15) is 17.0 Å². The normalized spacial score (nSPS) is 12.6. The molecule has 0 saturated carbocycles. The van der Waals surface area contributed by atoms with Crippen molar-refractivity contribution in [2.45, 2.75) is 52.1 Å². The first-order valence-electron chi connectivity index (χ1n) is 9.79. The molecule has 2 heterocycles. The molecule has 0 spiro atoms. The SMILES string of the molecule is Cc1c(Cn2c(=O)[nH]c(=O)c3ccc(C(F)(F)F)cc32)ncn1COCC[Si](C)(C)C. The summed E-state index contributed by atoms with van der Waals surface area (Å²) in [6.07, 6.45) is -3.03. The number of nitrogens with one attached hydrogen (secondary N) is 1. The molecule has 168 valence electrons. The van der Waals surface area contributed by atoms with Crippen molar-refractivity contribution in [3.63, 3.8) is 0 Å². The molecule has 0 atom stereocenters. The van der Waals surface area contributed by atoms with Crippen molar-refractivity contribution in [2.24, 2.45) is 0 Å². The number of halogens is 3. The van der Waals surface area contributed by atoms with Crippen molar-refractivity contribution >= 4 is 19.0 Å². The highest BCUT2D eigenvalue weighted by Gasteiger charge is 2.31. The van der Waals surface area contributed by atoms with Gasteiger partial charge in [0.05, 0.1) is 35.0 Å². The highest BCUT2D eigenvalue weighted by atomic mass is 28.3. The van der Waals surface area contributed by atoms with Crippen LogP contribution >= 0.6 is 0 Å². The van der Waals surface area contributed by atoms with Gasteiger partial charge >= 0.3 is 11.9 Å². The number of alkyl halides is 3. The second-order valence-electron chi connectivity index (χ2n) is 8.67. The van der Waals surface area contributed by atoms with Crippen LogP contribution in [0.4, 0.5) is 13.2 Å². The van der Waals surface area contributed by atoms with Crippen molar-refractivity contribution in [1.29, 1.82) is 0 Å². The smallest absolute Gasteiger partial charge is 0.361 e. The monoisotopic (exact) mass is 454 g/mol. The fourth-order valence-corrected chi connectivity index (χ4v) is 3.84. The minimum absolute atomic E-state index is 0.000587. The van der Waals surface area contributed by atoms with Crippen molar-refractivity contribution < 1.29 is 17.9 Å². The maximum absolute atomic E-state index is 13.2. The van der Waals surface area contributed by atoms with Crippen molar-refractivity contribution in [3.05, 3.63) is 62.3 Å². The second kappa shape index (κ2) is 8.46. The number of hydrogen-bond donors (Lipinski definition) is 1. The highest BCUT2D eigenvalue weighted by Crippen LogP contribution is 2.30. The molecule has 3 aromatic rings. The molecule has 0 unspecified atom stereocenters. The molecule has 2 aromatic heterocycles. The molecule has 1 N–H and O–H groups in total. The molecule has 0 fully saturated rings. The summed E-state index contributed by atoms with van der Waals surface area (Å²) in [6, 6.07) is 3.74. The number of benzene rings is 1. The van der Waals surface area contributed by atoms with Crippen LogP contribution < -0.4 is 11.2 Å². The van der Waals surface area contributed by atoms with E-state index in [0.29, 0.717) is 19.0 Å². The molecule has 0 aliphatic rings. The number of fused-ring (bicyclic) bond motifs is 1. The van der Waals surface area contributed by atoms with Gasteiger partial charge in [-0.05, 0) is 31.2 Å². The molecule has 0 bridgehead atoms. The minimum atomic E-state index is -4.59. The Kier molecular flexibility index (Phi) is 6.28. The molecule has 0 amide bonds. The van der Waals surface area contributed by atoms with Crippen molar-refractivity contribution in [1.82, 2.24) is 19.1 Å². The van der Waals surface area contributed by atoms with Gasteiger partial charge in [0.2, 0.25) is 0 Å². The number of H-pyrrole nitrogens is 1. The van der Waals surface area contributed by atoms with E-state index in [9.17, 15) is 22.8 Å². The molecule has 0 aliphatic carbocycles. The fraction of sp³-hybridized carbons (Fsp3) is 0.450. The van der Waals surface area contributed by atoms with E-state index in [1.54, 1.807) is 17.8 Å². The molecule has 3 rings (SSSR count). The van der Waals surface area contributed by atoms with Gasteiger partial charge in [0.25, 0.3) is 5.56 Å². The second-order valence-corrected chi connectivity index (χ2v) is 14.3. The Bertz CT molecular complexity index is 1210. The van der Waals surface area contributed by atoms with Crippen LogP contribution in [0.3, 0.4) is 0 Å². The third-order valence-corrected chi connectivity index (χ3v) is 6.77. The number of rotatable bonds is 7. The number of ether oxygens (including phenoxy) is 1. The Morgan fingerprint density at radius 3 is 2.55 bits per heavy atom. The quantitative estimate of drug-likeness (QED) is 0.437. The van der Waals surface area contributed by atoms with Gasteiger partial charge in [-0.1, -0.05) is 19.6 Å². The number of aromatic nitrogens is 4. The Hall–Kier alpha value is -2.66. The maximum atomic E-state index is 13.2. The number of imidazole rings is 1. The lowest BCUT2D eigenvalue weighted by Crippen LogP contribution is -2.31. The maximum Gasteiger partial charge on any atom is 0.416 e. The predicted octanol–water partition coefficient (Wildman–Crippen LogP) is 3.57. The zero-order valence-corrected chi connectivity index (χ0v) is 18.8. The zero-order chi connectivity index (χ0) is 23.0. The predicted molar refractivity (Wildman–Crippen MR) is 114 cm³/mol. The summed E-state index contributed by atoms with van der Waals surface area (Å²) in [5.41, 5.74) is -1.33. The summed E-state index contributed by atoms with van der Waals surface area (Å²) in [5.74, 6) is 0. The first kappa shape index (κ1) is 23.0. The molecule has 0 saturated heterocycles. The van der Waals surface area contributed by atoms with E-state index in [1.807, 2.05) is 0 Å². The van der Waals surface area contributed by atoms with Crippen LogP contribution in [0.25, 0.3) is 10.9 Å². The number of nitrogens with zero attached hydrogens (tertiary/aromatic N) is 3. The van der Waals surface area contributed by atoms with Crippen LogP contribution in [0, 0.1) is 6.92 Å². The van der Waals surface area contributed by atoms with E-state index >= 15 is 0 Å². The summed E-state index contributed by atoms with van der Waals surface area (Å²) < 4.78 is 48.1. The van der Waals surface area contributed by atoms with Gasteiger partial charge in [-0.3, -0.25) is 14.3 Å². The van der Waals surface area contributed by atoms with E-state index in [2.05, 4.69) is 29.6 Å². The lowest BCUT2D eigenvalue weighted by molar-refractivity contribution is -0.137. The van der Waals surface area contributed by atoms with Gasteiger partial charge in [0, 0.05) is 20.4 Å². The summed E-state index contributed by atoms with van der Waals surface area (Å²) in [4.78, 5) is 30.9. The van der Waals surface area contributed by atoms with E-state index in [1.165, 1.54) is 0 Å². The van der Waals surface area contributed by atoms with Crippen LogP contribution in [0.15, 0.2) is 34.1 Å². The minimum Gasteiger partial charge on any atom is -0.361 e.